The summed E-state index contributed by atoms with van der Waals surface area (Å²) in [5, 5.41) is 25.1. The van der Waals surface area contributed by atoms with Gasteiger partial charge in [0.05, 0.1) is 12.3 Å². The van der Waals surface area contributed by atoms with Gasteiger partial charge in [0.25, 0.3) is 0 Å². The third kappa shape index (κ3) is 3.66. The van der Waals surface area contributed by atoms with E-state index < -0.39 is 45.4 Å². The molecule has 0 radical (unpaired) electrons. The average molecular weight is 438 g/mol. The Labute approximate surface area is 171 Å². The van der Waals surface area contributed by atoms with E-state index in [2.05, 4.69) is 10.1 Å². The fraction of sp³-hybridized carbons (Fsp3) is 0.333. The van der Waals surface area contributed by atoms with Gasteiger partial charge in [-0.25, -0.2) is 18.5 Å². The highest BCUT2D eigenvalue weighted by Crippen LogP contribution is 2.42. The van der Waals surface area contributed by atoms with E-state index in [-0.39, 0.29) is 5.82 Å². The maximum atomic E-state index is 14.0. The molecular weight excluding hydrogens is 418 g/mol. The summed E-state index contributed by atoms with van der Waals surface area (Å²) in [5.74, 6) is 0.527. The minimum atomic E-state index is -3.06. The predicted molar refractivity (Wildman–Crippen MR) is 104 cm³/mol. The number of nitrogen functional groups attached to an aromatic ring is 1. The summed E-state index contributed by atoms with van der Waals surface area (Å²) in [7, 11) is -3.06. The topological polar surface area (TPSA) is 141 Å². The first-order valence-electron chi connectivity index (χ1n) is 9.03. The summed E-state index contributed by atoms with van der Waals surface area (Å²) in [6, 6.07) is 11.5. The summed E-state index contributed by atoms with van der Waals surface area (Å²) >= 11 is 0. The van der Waals surface area contributed by atoms with Crippen LogP contribution in [0, 0.1) is 0 Å². The van der Waals surface area contributed by atoms with Gasteiger partial charge in [0, 0.05) is 0 Å². The van der Waals surface area contributed by atoms with Gasteiger partial charge in [0.1, 0.15) is 48.2 Å². The molecule has 1 aromatic carbocycles. The van der Waals surface area contributed by atoms with Crippen LogP contribution in [-0.2, 0) is 13.8 Å². The van der Waals surface area contributed by atoms with Crippen LogP contribution in [0.4, 0.5) is 10.2 Å². The molecule has 2 aromatic heterocycles. The van der Waals surface area contributed by atoms with Crippen molar-refractivity contribution in [3.63, 3.8) is 0 Å². The van der Waals surface area contributed by atoms with Crippen molar-refractivity contribution in [3.05, 3.63) is 54.5 Å². The molecule has 4 rings (SSSR count). The first-order chi connectivity index (χ1) is 14.4. The number of aliphatic hydroxyl groups is 2. The van der Waals surface area contributed by atoms with Crippen molar-refractivity contribution in [2.24, 2.45) is 0 Å². The van der Waals surface area contributed by atoms with E-state index in [4.69, 9.17) is 19.5 Å². The van der Waals surface area contributed by atoms with Crippen LogP contribution in [0.15, 0.2) is 48.8 Å². The van der Waals surface area contributed by atoms with Crippen LogP contribution in [0.2, 0.25) is 0 Å². The Balaban J connectivity index is 1.52. The van der Waals surface area contributed by atoms with E-state index >= 15 is 0 Å². The molecule has 12 heteroatoms. The van der Waals surface area contributed by atoms with Crippen LogP contribution in [-0.4, -0.2) is 55.9 Å². The molecule has 160 valence electrons. The number of nitrogens with zero attached hydrogens (tertiary/aromatic N) is 3. The quantitative estimate of drug-likeness (QED) is 0.465. The van der Waals surface area contributed by atoms with E-state index in [1.54, 1.807) is 42.5 Å². The Morgan fingerprint density at radius 2 is 2.03 bits per heavy atom. The van der Waals surface area contributed by atoms with Crippen molar-refractivity contribution in [2.75, 3.05) is 19.0 Å². The van der Waals surface area contributed by atoms with Gasteiger partial charge in [-0.15, -0.1) is 0 Å². The molecule has 4 N–H and O–H groups in total. The molecule has 1 fully saturated rings. The lowest BCUT2D eigenvalue weighted by molar-refractivity contribution is -0.118. The second-order valence-corrected chi connectivity index (χ2v) is 7.82. The zero-order valence-electron chi connectivity index (χ0n) is 15.6. The van der Waals surface area contributed by atoms with Gasteiger partial charge in [-0.05, 0) is 24.3 Å². The molecule has 3 aromatic rings. The first kappa shape index (κ1) is 20.7. The number of aliphatic hydroxyl groups excluding tert-OH is 2. The number of hydrogen-bond donors (Lipinski definition) is 3. The molecule has 10 nitrogen and oxygen atoms in total. The van der Waals surface area contributed by atoms with Crippen molar-refractivity contribution in [1.82, 2.24) is 14.6 Å². The molecule has 3 heterocycles. The number of alkyl halides is 1. The average Bonchev–Trinajstić information content (AvgIpc) is 3.29. The number of nitrogens with two attached hydrogens (primary N) is 1. The van der Waals surface area contributed by atoms with E-state index in [0.29, 0.717) is 17.0 Å². The number of anilines is 1. The normalized spacial score (nSPS) is 27.4. The zero-order chi connectivity index (χ0) is 21.3. The molecule has 5 atom stereocenters. The minimum absolute atomic E-state index is 0.209. The van der Waals surface area contributed by atoms with Crippen LogP contribution in [0.3, 0.4) is 0 Å². The molecule has 0 aliphatic carbocycles. The Bertz CT molecular complexity index is 1050. The summed E-state index contributed by atoms with van der Waals surface area (Å²) in [6.45, 7) is -1.79. The lowest BCUT2D eigenvalue weighted by Gasteiger charge is -2.28. The largest absolute Gasteiger partial charge is 0.426 e. The van der Waals surface area contributed by atoms with Gasteiger partial charge in [-0.2, -0.15) is 5.10 Å². The molecule has 30 heavy (non-hydrogen) atoms. The zero-order valence-corrected chi connectivity index (χ0v) is 16.6. The molecule has 0 spiro atoms. The van der Waals surface area contributed by atoms with E-state index in [1.165, 1.54) is 10.8 Å². The Morgan fingerprint density at radius 1 is 1.27 bits per heavy atom. The SMILES string of the molecule is Nc1ncnn2c([C@@H]3O[C@](CF)(CO[PH](=O)Oc4ccccc4)[C@@H](O)[C@H]3O)ccc12. The third-order valence-corrected chi connectivity index (χ3v) is 5.72. The fourth-order valence-corrected chi connectivity index (χ4v) is 4.11. The van der Waals surface area contributed by atoms with Crippen molar-refractivity contribution in [2.45, 2.75) is 23.9 Å². The molecule has 1 saturated heterocycles. The maximum absolute atomic E-state index is 14.0. The van der Waals surface area contributed by atoms with Gasteiger partial charge in [0.2, 0.25) is 0 Å². The molecule has 0 bridgehead atoms. The van der Waals surface area contributed by atoms with Crippen molar-refractivity contribution in [1.29, 1.82) is 0 Å². The lowest BCUT2D eigenvalue weighted by atomic mass is 9.96. The summed E-state index contributed by atoms with van der Waals surface area (Å²) < 4.78 is 43.5. The van der Waals surface area contributed by atoms with E-state index in [0.717, 1.165) is 0 Å². The second kappa shape index (κ2) is 8.29. The molecule has 1 unspecified atom stereocenters. The number of para-hydroxylation sites is 1. The smallest absolute Gasteiger partial charge is 0.367 e. The summed E-state index contributed by atoms with van der Waals surface area (Å²) in [5.41, 5.74) is 4.67. The number of ether oxygens (including phenoxy) is 1. The van der Waals surface area contributed by atoms with Gasteiger partial charge in [-0.1, -0.05) is 18.2 Å². The number of rotatable bonds is 7. The second-order valence-electron chi connectivity index (χ2n) is 6.83. The highest BCUT2D eigenvalue weighted by Gasteiger charge is 2.56. The van der Waals surface area contributed by atoms with E-state index in [9.17, 15) is 19.2 Å². The highest BCUT2D eigenvalue weighted by atomic mass is 31.1. The van der Waals surface area contributed by atoms with Crippen molar-refractivity contribution >= 4 is 19.6 Å². The Kier molecular flexibility index (Phi) is 5.72. The van der Waals surface area contributed by atoms with Crippen molar-refractivity contribution < 1.29 is 33.0 Å². The number of aromatic nitrogens is 3. The predicted octanol–water partition coefficient (Wildman–Crippen LogP) is 1.30. The molecule has 1 aliphatic rings. The Morgan fingerprint density at radius 3 is 2.77 bits per heavy atom. The number of halogens is 1. The van der Waals surface area contributed by atoms with Gasteiger partial charge >= 0.3 is 8.25 Å². The Hall–Kier alpha value is -2.56. The summed E-state index contributed by atoms with van der Waals surface area (Å²) in [4.78, 5) is 3.88. The first-order valence-corrected chi connectivity index (χ1v) is 10.3. The highest BCUT2D eigenvalue weighted by molar-refractivity contribution is 7.33. The van der Waals surface area contributed by atoms with Crippen LogP contribution in [0.1, 0.15) is 11.8 Å². The molecular formula is C18H20FN4O6P. The maximum Gasteiger partial charge on any atom is 0.367 e. The standard InChI is InChI=1S/C18H20FN4O6P/c19-8-18(9-27-30(26)29-11-4-2-1-3-5-11)16(25)14(24)15(28-18)12-6-7-13-17(20)21-10-22-23(12)13/h1-7,10,14-16,24-25,30H,8-9H2,(H2,20,21,22)/t14-,15-,16-,18+/m0/s1. The molecule has 0 amide bonds. The van der Waals surface area contributed by atoms with E-state index in [1.807, 2.05) is 0 Å². The monoisotopic (exact) mass is 438 g/mol. The summed E-state index contributed by atoms with van der Waals surface area (Å²) in [6.07, 6.45) is -3.05. The third-order valence-electron chi connectivity index (χ3n) is 4.94. The van der Waals surface area contributed by atoms with Crippen LogP contribution in [0.5, 0.6) is 5.75 Å². The van der Waals surface area contributed by atoms with Gasteiger partial charge in [-0.3, -0.25) is 4.52 Å². The lowest BCUT2D eigenvalue weighted by Crippen LogP contribution is -2.48. The van der Waals surface area contributed by atoms with Gasteiger partial charge < -0.3 is 25.2 Å². The van der Waals surface area contributed by atoms with Crippen LogP contribution < -0.4 is 10.3 Å². The molecule has 1 aliphatic heterocycles. The number of fused-ring (bicyclic) bond motifs is 1. The fourth-order valence-electron chi connectivity index (χ4n) is 3.36. The minimum Gasteiger partial charge on any atom is -0.426 e. The van der Waals surface area contributed by atoms with Crippen LogP contribution in [0.25, 0.3) is 5.52 Å². The van der Waals surface area contributed by atoms with Gasteiger partial charge in [0.15, 0.2) is 5.82 Å². The van der Waals surface area contributed by atoms with Crippen LogP contribution >= 0.6 is 8.25 Å². The van der Waals surface area contributed by atoms with Crippen molar-refractivity contribution in [3.8, 4) is 5.75 Å². The molecule has 0 saturated carbocycles. The number of benzene rings is 1. The number of hydrogen-bond acceptors (Lipinski definition) is 9.